The Morgan fingerprint density at radius 2 is 1.17 bits per heavy atom. The molecule has 0 amide bonds. The van der Waals surface area contributed by atoms with Gasteiger partial charge in [-0.15, -0.1) is 11.6 Å². The Balaban J connectivity index is 0. The summed E-state index contributed by atoms with van der Waals surface area (Å²) >= 11 is 5.95. The summed E-state index contributed by atoms with van der Waals surface area (Å²) < 4.78 is 1.19. The van der Waals surface area contributed by atoms with Gasteiger partial charge >= 0.3 is 0 Å². The summed E-state index contributed by atoms with van der Waals surface area (Å²) in [6, 6.07) is 0. The predicted molar refractivity (Wildman–Crippen MR) is 79.8 cm³/mol. The Morgan fingerprint density at radius 1 is 0.722 bits per heavy atom. The third-order valence-electron chi connectivity index (χ3n) is 3.73. The second-order valence-electron chi connectivity index (χ2n) is 5.60. The molecular weight excluding hydrogens is 310 g/mol. The quantitative estimate of drug-likeness (QED) is 0.288. The van der Waals surface area contributed by atoms with Crippen LogP contribution in [-0.4, -0.2) is 37.0 Å². The molecule has 0 atom stereocenters. The van der Waals surface area contributed by atoms with E-state index >= 15 is 0 Å². The van der Waals surface area contributed by atoms with Crippen molar-refractivity contribution in [2.45, 2.75) is 65.2 Å². The largest absolute Gasteiger partial charge is 1.00 e. The van der Waals surface area contributed by atoms with Crippen LogP contribution in [0.1, 0.15) is 65.2 Å². The summed E-state index contributed by atoms with van der Waals surface area (Å²) in [4.78, 5) is 0. The monoisotopic (exact) mass is 341 g/mol. The Labute approximate surface area is 131 Å². The van der Waals surface area contributed by atoms with E-state index < -0.39 is 0 Å². The second-order valence-corrected chi connectivity index (χ2v) is 5.98. The van der Waals surface area contributed by atoms with Crippen LogP contribution in [0.5, 0.6) is 0 Å². The average molecular weight is 343 g/mol. The number of rotatable bonds is 12. The first kappa shape index (κ1) is 21.0. The molecule has 0 radical (unpaired) electrons. The van der Waals surface area contributed by atoms with Gasteiger partial charge in [0.05, 0.1) is 32.6 Å². The molecule has 0 saturated carbocycles. The first-order valence-corrected chi connectivity index (χ1v) is 8.11. The van der Waals surface area contributed by atoms with Crippen LogP contribution in [0.4, 0.5) is 0 Å². The molecule has 0 heterocycles. The number of alkyl halides is 1. The fourth-order valence-corrected chi connectivity index (χ4v) is 2.79. The van der Waals surface area contributed by atoms with Crippen molar-refractivity contribution in [3.8, 4) is 0 Å². The van der Waals surface area contributed by atoms with Crippen molar-refractivity contribution in [1.29, 1.82) is 0 Å². The van der Waals surface area contributed by atoms with Crippen LogP contribution in [0.15, 0.2) is 0 Å². The zero-order valence-corrected chi connectivity index (χ0v) is 15.0. The van der Waals surface area contributed by atoms with Gasteiger partial charge in [-0.25, -0.2) is 0 Å². The van der Waals surface area contributed by atoms with Crippen molar-refractivity contribution < 1.29 is 21.5 Å². The van der Waals surface area contributed by atoms with E-state index in [0.717, 1.165) is 12.4 Å². The highest BCUT2D eigenvalue weighted by Gasteiger charge is 2.19. The van der Waals surface area contributed by atoms with Crippen molar-refractivity contribution in [2.24, 2.45) is 0 Å². The first-order chi connectivity index (χ1) is 8.18. The molecule has 0 aromatic carbocycles. The molecule has 0 rings (SSSR count). The minimum absolute atomic E-state index is 0. The van der Waals surface area contributed by atoms with E-state index in [9.17, 15) is 0 Å². The van der Waals surface area contributed by atoms with E-state index in [1.165, 1.54) is 68.9 Å². The SMILES string of the molecule is CCCCCC[N+](C)(CCCl)CCCCCC.[Br-]. The fourth-order valence-electron chi connectivity index (χ4n) is 2.38. The third-order valence-corrected chi connectivity index (χ3v) is 3.90. The summed E-state index contributed by atoms with van der Waals surface area (Å²) in [5.41, 5.74) is 0. The van der Waals surface area contributed by atoms with Gasteiger partial charge in [-0.1, -0.05) is 39.5 Å². The normalized spacial score (nSPS) is 11.3. The number of unbranched alkanes of at least 4 members (excludes halogenated alkanes) is 6. The molecule has 1 nitrogen and oxygen atoms in total. The van der Waals surface area contributed by atoms with E-state index in [1.807, 2.05) is 0 Å². The molecule has 18 heavy (non-hydrogen) atoms. The minimum Gasteiger partial charge on any atom is -1.00 e. The lowest BCUT2D eigenvalue weighted by Crippen LogP contribution is -3.00. The smallest absolute Gasteiger partial charge is 0.0922 e. The van der Waals surface area contributed by atoms with Crippen molar-refractivity contribution in [2.75, 3.05) is 32.6 Å². The van der Waals surface area contributed by atoms with E-state index in [0.29, 0.717) is 0 Å². The average Bonchev–Trinajstić information content (AvgIpc) is 2.31. The van der Waals surface area contributed by atoms with E-state index in [4.69, 9.17) is 11.6 Å². The molecular formula is C15H33BrClN. The summed E-state index contributed by atoms with van der Waals surface area (Å²) in [6.07, 6.45) is 11.0. The topological polar surface area (TPSA) is 0 Å². The van der Waals surface area contributed by atoms with Crippen LogP contribution in [0, 0.1) is 0 Å². The maximum absolute atomic E-state index is 5.95. The van der Waals surface area contributed by atoms with E-state index in [-0.39, 0.29) is 17.0 Å². The lowest BCUT2D eigenvalue weighted by molar-refractivity contribution is -0.907. The van der Waals surface area contributed by atoms with Crippen molar-refractivity contribution >= 4 is 11.6 Å². The van der Waals surface area contributed by atoms with Crippen LogP contribution in [0.25, 0.3) is 0 Å². The van der Waals surface area contributed by atoms with Crippen LogP contribution < -0.4 is 17.0 Å². The zero-order chi connectivity index (χ0) is 13.0. The standard InChI is InChI=1S/C15H33ClN.BrH/c1-4-6-8-10-13-17(3,15-12-16)14-11-9-7-5-2;/h4-15H2,1-3H3;1H/q+1;/p-1. The molecule has 0 N–H and O–H groups in total. The lowest BCUT2D eigenvalue weighted by atomic mass is 10.1. The van der Waals surface area contributed by atoms with Gasteiger partial charge in [0, 0.05) is 0 Å². The highest BCUT2D eigenvalue weighted by molar-refractivity contribution is 6.17. The predicted octanol–water partition coefficient (Wildman–Crippen LogP) is 1.84. The molecule has 3 heteroatoms. The third kappa shape index (κ3) is 11.8. The van der Waals surface area contributed by atoms with Crippen molar-refractivity contribution in [3.05, 3.63) is 0 Å². The molecule has 0 aromatic heterocycles. The van der Waals surface area contributed by atoms with Crippen LogP contribution in [-0.2, 0) is 0 Å². The Morgan fingerprint density at radius 3 is 1.50 bits per heavy atom. The fraction of sp³-hybridized carbons (Fsp3) is 1.00. The van der Waals surface area contributed by atoms with Crippen LogP contribution in [0.2, 0.25) is 0 Å². The van der Waals surface area contributed by atoms with E-state index in [2.05, 4.69) is 20.9 Å². The Bertz CT molecular complexity index is 153. The lowest BCUT2D eigenvalue weighted by Gasteiger charge is -2.34. The van der Waals surface area contributed by atoms with Gasteiger partial charge in [0.15, 0.2) is 0 Å². The molecule has 0 aliphatic carbocycles. The van der Waals surface area contributed by atoms with Crippen molar-refractivity contribution in [1.82, 2.24) is 0 Å². The highest BCUT2D eigenvalue weighted by atomic mass is 79.9. The maximum atomic E-state index is 5.95. The molecule has 0 aromatic rings. The van der Waals surface area contributed by atoms with Gasteiger partial charge in [-0.3, -0.25) is 0 Å². The molecule has 0 saturated heterocycles. The first-order valence-electron chi connectivity index (χ1n) is 7.58. The van der Waals surface area contributed by atoms with Gasteiger partial charge in [0.2, 0.25) is 0 Å². The summed E-state index contributed by atoms with van der Waals surface area (Å²) in [6.45, 7) is 8.33. The van der Waals surface area contributed by atoms with Gasteiger partial charge < -0.3 is 21.5 Å². The number of hydrogen-bond acceptors (Lipinski definition) is 0. The molecule has 0 spiro atoms. The minimum atomic E-state index is 0. The maximum Gasteiger partial charge on any atom is 0.0922 e. The van der Waals surface area contributed by atoms with Gasteiger partial charge in [-0.2, -0.15) is 0 Å². The number of halogens is 2. The molecule has 0 fully saturated rings. The molecule has 112 valence electrons. The molecule has 0 unspecified atom stereocenters. The zero-order valence-electron chi connectivity index (χ0n) is 12.7. The number of hydrogen-bond donors (Lipinski definition) is 0. The van der Waals surface area contributed by atoms with Crippen LogP contribution >= 0.6 is 11.6 Å². The number of nitrogens with zero attached hydrogens (tertiary/aromatic N) is 1. The Kier molecular flexibility index (Phi) is 16.5. The summed E-state index contributed by atoms with van der Waals surface area (Å²) in [5.74, 6) is 0.804. The summed E-state index contributed by atoms with van der Waals surface area (Å²) in [5, 5.41) is 0. The molecule has 0 aliphatic rings. The van der Waals surface area contributed by atoms with Crippen molar-refractivity contribution in [3.63, 3.8) is 0 Å². The second kappa shape index (κ2) is 14.1. The number of quaternary nitrogens is 1. The Hall–Kier alpha value is 0.730. The van der Waals surface area contributed by atoms with E-state index in [1.54, 1.807) is 0 Å². The summed E-state index contributed by atoms with van der Waals surface area (Å²) in [7, 11) is 2.39. The van der Waals surface area contributed by atoms with Crippen LogP contribution in [0.3, 0.4) is 0 Å². The van der Waals surface area contributed by atoms with Gasteiger partial charge in [0.25, 0.3) is 0 Å². The van der Waals surface area contributed by atoms with Gasteiger partial charge in [0.1, 0.15) is 0 Å². The molecule has 0 bridgehead atoms. The molecule has 0 aliphatic heterocycles. The van der Waals surface area contributed by atoms with Gasteiger partial charge in [-0.05, 0) is 25.7 Å². The highest BCUT2D eigenvalue weighted by Crippen LogP contribution is 2.12.